The molecule has 0 aliphatic heterocycles. The van der Waals surface area contributed by atoms with Gasteiger partial charge in [-0.1, -0.05) is 41.4 Å². The van der Waals surface area contributed by atoms with Crippen LogP contribution < -0.4 is 5.32 Å². The summed E-state index contributed by atoms with van der Waals surface area (Å²) in [5.74, 6) is -0.901. The van der Waals surface area contributed by atoms with Crippen molar-refractivity contribution in [2.75, 3.05) is 11.9 Å². The Bertz CT molecular complexity index is 1050. The third-order valence-corrected chi connectivity index (χ3v) is 4.36. The van der Waals surface area contributed by atoms with Crippen molar-refractivity contribution < 1.29 is 14.3 Å². The van der Waals surface area contributed by atoms with Gasteiger partial charge in [-0.3, -0.25) is 4.79 Å². The molecule has 0 aliphatic carbocycles. The lowest BCUT2D eigenvalue weighted by Crippen LogP contribution is -2.20. The first-order valence-corrected chi connectivity index (χ1v) is 9.26. The van der Waals surface area contributed by atoms with Crippen molar-refractivity contribution >= 4 is 47.0 Å². The van der Waals surface area contributed by atoms with E-state index >= 15 is 0 Å². The van der Waals surface area contributed by atoms with Crippen molar-refractivity contribution in [3.05, 3.63) is 76.2 Å². The molecule has 2 aromatic heterocycles. The van der Waals surface area contributed by atoms with Gasteiger partial charge in [0, 0.05) is 17.8 Å². The highest BCUT2D eigenvalue weighted by Crippen LogP contribution is 2.24. The molecule has 3 rings (SSSR count). The van der Waals surface area contributed by atoms with Crippen LogP contribution in [0.15, 0.2) is 54.7 Å². The number of ether oxygens (including phenoxy) is 1. The maximum absolute atomic E-state index is 11.9. The second-order valence-corrected chi connectivity index (χ2v) is 6.68. The fourth-order valence-corrected chi connectivity index (χ4v) is 2.85. The average Bonchev–Trinajstić information content (AvgIpc) is 3.01. The summed E-state index contributed by atoms with van der Waals surface area (Å²) in [5, 5.41) is 7.69. The smallest absolute Gasteiger partial charge is 0.331 e. The van der Waals surface area contributed by atoms with Crippen LogP contribution in [0.2, 0.25) is 10.2 Å². The van der Waals surface area contributed by atoms with Crippen LogP contribution in [0.3, 0.4) is 0 Å². The quantitative estimate of drug-likeness (QED) is 0.470. The highest BCUT2D eigenvalue weighted by atomic mass is 35.5. The third kappa shape index (κ3) is 5.43. The summed E-state index contributed by atoms with van der Waals surface area (Å²) in [6, 6.07) is 12.5. The third-order valence-electron chi connectivity index (χ3n) is 3.78. The zero-order valence-electron chi connectivity index (χ0n) is 15.3. The summed E-state index contributed by atoms with van der Waals surface area (Å²) in [6.45, 7) is 1.33. The van der Waals surface area contributed by atoms with E-state index in [9.17, 15) is 9.59 Å². The van der Waals surface area contributed by atoms with E-state index in [1.165, 1.54) is 24.4 Å². The molecule has 7 nitrogen and oxygen atoms in total. The second kappa shape index (κ2) is 9.36. The molecule has 29 heavy (non-hydrogen) atoms. The molecule has 0 spiro atoms. The van der Waals surface area contributed by atoms with Crippen LogP contribution >= 0.6 is 23.2 Å². The zero-order chi connectivity index (χ0) is 20.8. The van der Waals surface area contributed by atoms with Crippen LogP contribution in [-0.4, -0.2) is 33.2 Å². The van der Waals surface area contributed by atoms with Gasteiger partial charge < -0.3 is 10.1 Å². The first-order valence-electron chi connectivity index (χ1n) is 8.51. The Morgan fingerprint density at radius 3 is 2.62 bits per heavy atom. The lowest BCUT2D eigenvalue weighted by atomic mass is 10.2. The summed E-state index contributed by atoms with van der Waals surface area (Å²) in [5.41, 5.74) is 2.03. The molecule has 1 amide bonds. The molecule has 1 aromatic carbocycles. The minimum absolute atomic E-state index is 0.307. The van der Waals surface area contributed by atoms with Gasteiger partial charge in [-0.2, -0.15) is 5.10 Å². The van der Waals surface area contributed by atoms with Gasteiger partial charge in [0.15, 0.2) is 6.61 Å². The van der Waals surface area contributed by atoms with Crippen LogP contribution in [0, 0.1) is 6.92 Å². The molecule has 0 atom stereocenters. The van der Waals surface area contributed by atoms with Gasteiger partial charge in [0.2, 0.25) is 0 Å². The number of pyridine rings is 1. The predicted molar refractivity (Wildman–Crippen MR) is 111 cm³/mol. The van der Waals surface area contributed by atoms with Crippen LogP contribution in [0.5, 0.6) is 0 Å². The van der Waals surface area contributed by atoms with Crippen LogP contribution in [-0.2, 0) is 14.3 Å². The molecular formula is C20H16Cl2N4O3. The molecule has 1 N–H and O–H groups in total. The molecule has 148 valence electrons. The van der Waals surface area contributed by atoms with Crippen molar-refractivity contribution in [3.63, 3.8) is 0 Å². The van der Waals surface area contributed by atoms with E-state index in [2.05, 4.69) is 15.4 Å². The normalized spacial score (nSPS) is 10.9. The minimum atomic E-state index is -0.688. The molecule has 3 aromatic rings. The van der Waals surface area contributed by atoms with Crippen molar-refractivity contribution in [3.8, 4) is 5.69 Å². The number of halogens is 2. The van der Waals surface area contributed by atoms with Gasteiger partial charge in [-0.25, -0.2) is 14.5 Å². The summed E-state index contributed by atoms with van der Waals surface area (Å²) >= 11 is 12.1. The first-order chi connectivity index (χ1) is 13.9. The Labute approximate surface area is 176 Å². The van der Waals surface area contributed by atoms with E-state index in [-0.39, 0.29) is 0 Å². The monoisotopic (exact) mass is 430 g/mol. The fraction of sp³-hybridized carbons (Fsp3) is 0.100. The SMILES string of the molecule is Cc1nn(-c2ccccc2)c(Cl)c1/C=C/C(=O)OCC(=O)Nc1ccc(Cl)cn1. The van der Waals surface area contributed by atoms with Crippen molar-refractivity contribution in [2.45, 2.75) is 6.92 Å². The molecule has 2 heterocycles. The van der Waals surface area contributed by atoms with E-state index in [1.807, 2.05) is 30.3 Å². The Balaban J connectivity index is 1.58. The largest absolute Gasteiger partial charge is 0.452 e. The maximum atomic E-state index is 11.9. The summed E-state index contributed by atoms with van der Waals surface area (Å²) in [6.07, 6.45) is 4.09. The van der Waals surface area contributed by atoms with Crippen LogP contribution in [0.4, 0.5) is 5.82 Å². The topological polar surface area (TPSA) is 86.1 Å². The Morgan fingerprint density at radius 2 is 1.93 bits per heavy atom. The number of hydrogen-bond donors (Lipinski definition) is 1. The maximum Gasteiger partial charge on any atom is 0.331 e. The number of benzene rings is 1. The number of carbonyl (C=O) groups excluding carboxylic acids is 2. The first kappa shape index (κ1) is 20.6. The minimum Gasteiger partial charge on any atom is -0.452 e. The highest BCUT2D eigenvalue weighted by molar-refractivity contribution is 6.31. The van der Waals surface area contributed by atoms with Gasteiger partial charge in [-0.05, 0) is 37.3 Å². The highest BCUT2D eigenvalue weighted by Gasteiger charge is 2.13. The standard InChI is InChI=1S/C20H16Cl2N4O3/c1-13-16(20(22)26(25-13)15-5-3-2-4-6-15)8-10-19(28)29-12-18(27)24-17-9-7-14(21)11-23-17/h2-11H,12H2,1H3,(H,23,24,27)/b10-8+. The van der Waals surface area contributed by atoms with E-state index in [1.54, 1.807) is 17.7 Å². The van der Waals surface area contributed by atoms with Gasteiger partial charge in [0.05, 0.1) is 16.4 Å². The van der Waals surface area contributed by atoms with Gasteiger partial charge in [0.25, 0.3) is 5.91 Å². The van der Waals surface area contributed by atoms with Crippen molar-refractivity contribution in [2.24, 2.45) is 0 Å². The van der Waals surface area contributed by atoms with Gasteiger partial charge in [-0.15, -0.1) is 0 Å². The van der Waals surface area contributed by atoms with Crippen LogP contribution in [0.1, 0.15) is 11.3 Å². The van der Waals surface area contributed by atoms with E-state index in [4.69, 9.17) is 27.9 Å². The number of anilines is 1. The van der Waals surface area contributed by atoms with Gasteiger partial charge >= 0.3 is 5.97 Å². The van der Waals surface area contributed by atoms with E-state index < -0.39 is 18.5 Å². The Morgan fingerprint density at radius 1 is 1.17 bits per heavy atom. The van der Waals surface area contributed by atoms with Crippen molar-refractivity contribution in [1.29, 1.82) is 0 Å². The molecule has 9 heteroatoms. The van der Waals surface area contributed by atoms with Crippen molar-refractivity contribution in [1.82, 2.24) is 14.8 Å². The van der Waals surface area contributed by atoms with Gasteiger partial charge in [0.1, 0.15) is 11.0 Å². The summed E-state index contributed by atoms with van der Waals surface area (Å²) < 4.78 is 6.51. The molecule has 0 saturated heterocycles. The molecule has 0 bridgehead atoms. The number of aromatic nitrogens is 3. The number of nitrogens with one attached hydrogen (secondary N) is 1. The summed E-state index contributed by atoms with van der Waals surface area (Å²) in [7, 11) is 0. The lowest BCUT2D eigenvalue weighted by molar-refractivity contribution is -0.142. The second-order valence-electron chi connectivity index (χ2n) is 5.89. The molecule has 0 fully saturated rings. The molecular weight excluding hydrogens is 415 g/mol. The predicted octanol–water partition coefficient (Wildman–Crippen LogP) is 4.08. The number of nitrogens with zero attached hydrogens (tertiary/aromatic N) is 3. The number of amides is 1. The number of aryl methyl sites for hydroxylation is 1. The number of rotatable bonds is 6. The fourth-order valence-electron chi connectivity index (χ4n) is 2.41. The zero-order valence-corrected chi connectivity index (χ0v) is 16.8. The van der Waals surface area contributed by atoms with E-state index in [0.717, 1.165) is 5.69 Å². The Hall–Kier alpha value is -3.16. The molecule has 0 radical (unpaired) electrons. The number of para-hydroxylation sites is 1. The number of carbonyl (C=O) groups is 2. The Kier molecular flexibility index (Phi) is 6.64. The van der Waals surface area contributed by atoms with Crippen LogP contribution in [0.25, 0.3) is 11.8 Å². The number of esters is 1. The molecule has 0 saturated carbocycles. The molecule has 0 aliphatic rings. The summed E-state index contributed by atoms with van der Waals surface area (Å²) in [4.78, 5) is 27.7. The molecule has 0 unspecified atom stereocenters. The lowest BCUT2D eigenvalue weighted by Gasteiger charge is -2.04. The number of hydrogen-bond acceptors (Lipinski definition) is 5. The average molecular weight is 431 g/mol. The van der Waals surface area contributed by atoms with E-state index in [0.29, 0.717) is 27.3 Å².